The van der Waals surface area contributed by atoms with Crippen LogP contribution in [-0.4, -0.2) is 29.8 Å². The Morgan fingerprint density at radius 2 is 2.00 bits per heavy atom. The van der Waals surface area contributed by atoms with Gasteiger partial charge >= 0.3 is 0 Å². The molecule has 6 heteroatoms. The van der Waals surface area contributed by atoms with Crippen molar-refractivity contribution in [1.82, 2.24) is 10.2 Å². The van der Waals surface area contributed by atoms with Gasteiger partial charge in [0.1, 0.15) is 11.9 Å². The molecule has 0 spiro atoms. The average molecular weight is 377 g/mol. The van der Waals surface area contributed by atoms with E-state index in [0.717, 1.165) is 4.47 Å². The third-order valence-corrected chi connectivity index (χ3v) is 4.24. The number of carbonyl (C=O) groups is 2. The molecule has 1 heterocycles. The van der Waals surface area contributed by atoms with Crippen molar-refractivity contribution >= 4 is 27.7 Å². The first kappa shape index (κ1) is 15.7. The van der Waals surface area contributed by atoms with Gasteiger partial charge in [0.2, 0.25) is 5.91 Å². The molecule has 0 saturated carbocycles. The number of nitrogens with zero attached hydrogens (tertiary/aromatic N) is 1. The summed E-state index contributed by atoms with van der Waals surface area (Å²) in [6.45, 7) is 0.680. The minimum atomic E-state index is -0.962. The van der Waals surface area contributed by atoms with Gasteiger partial charge in [-0.3, -0.25) is 9.59 Å². The molecule has 1 aliphatic rings. The standard InChI is InChI=1S/C17H14BrFN2O2/c18-12-5-3-4-11(10-12)17(23)21-9-8-20-16(22)15(21)13-6-1-2-7-14(13)19/h1-7,10,15H,8-9H2,(H,20,22). The first-order valence-electron chi connectivity index (χ1n) is 7.16. The molecular formula is C17H14BrFN2O2. The Labute approximate surface area is 141 Å². The molecule has 1 unspecified atom stereocenters. The Hall–Kier alpha value is -2.21. The molecule has 0 radical (unpaired) electrons. The van der Waals surface area contributed by atoms with Gasteiger partial charge in [-0.2, -0.15) is 0 Å². The summed E-state index contributed by atoms with van der Waals surface area (Å²) in [5.74, 6) is -1.17. The Bertz CT molecular complexity index is 766. The molecule has 0 aliphatic carbocycles. The van der Waals surface area contributed by atoms with Gasteiger partial charge in [0, 0.05) is 28.7 Å². The molecule has 1 N–H and O–H groups in total. The van der Waals surface area contributed by atoms with E-state index in [2.05, 4.69) is 21.2 Å². The minimum absolute atomic E-state index is 0.202. The Kier molecular flexibility index (Phi) is 4.43. The highest BCUT2D eigenvalue weighted by atomic mass is 79.9. The Morgan fingerprint density at radius 1 is 1.22 bits per heavy atom. The molecule has 0 aromatic heterocycles. The normalized spacial score (nSPS) is 17.7. The maximum atomic E-state index is 14.1. The Balaban J connectivity index is 2.00. The third kappa shape index (κ3) is 3.12. The molecular weight excluding hydrogens is 363 g/mol. The number of hydrogen-bond donors (Lipinski definition) is 1. The van der Waals surface area contributed by atoms with Crippen LogP contribution < -0.4 is 5.32 Å². The van der Waals surface area contributed by atoms with Gasteiger partial charge in [-0.15, -0.1) is 0 Å². The predicted octanol–water partition coefficient (Wildman–Crippen LogP) is 2.90. The van der Waals surface area contributed by atoms with Gasteiger partial charge in [-0.05, 0) is 24.3 Å². The highest BCUT2D eigenvalue weighted by Gasteiger charge is 2.36. The number of benzene rings is 2. The lowest BCUT2D eigenvalue weighted by atomic mass is 10.0. The van der Waals surface area contributed by atoms with Crippen LogP contribution in [-0.2, 0) is 4.79 Å². The first-order valence-corrected chi connectivity index (χ1v) is 7.96. The van der Waals surface area contributed by atoms with Crippen molar-refractivity contribution in [2.45, 2.75) is 6.04 Å². The third-order valence-electron chi connectivity index (χ3n) is 3.74. The van der Waals surface area contributed by atoms with Gasteiger partial charge in [0.15, 0.2) is 0 Å². The van der Waals surface area contributed by atoms with Crippen LogP contribution in [0.1, 0.15) is 22.0 Å². The minimum Gasteiger partial charge on any atom is -0.352 e. The van der Waals surface area contributed by atoms with Crippen LogP contribution in [0.15, 0.2) is 53.0 Å². The number of piperazine rings is 1. The molecule has 2 aromatic rings. The molecule has 0 bridgehead atoms. The lowest BCUT2D eigenvalue weighted by Gasteiger charge is -2.35. The zero-order chi connectivity index (χ0) is 16.4. The lowest BCUT2D eigenvalue weighted by Crippen LogP contribution is -2.52. The van der Waals surface area contributed by atoms with Gasteiger partial charge in [-0.1, -0.05) is 40.2 Å². The van der Waals surface area contributed by atoms with E-state index in [1.54, 1.807) is 30.3 Å². The molecule has 3 rings (SSSR count). The van der Waals surface area contributed by atoms with Crippen molar-refractivity contribution in [3.05, 3.63) is 69.9 Å². The number of hydrogen-bond acceptors (Lipinski definition) is 2. The number of amides is 2. The molecule has 1 aliphatic heterocycles. The maximum Gasteiger partial charge on any atom is 0.254 e. The van der Waals surface area contributed by atoms with Crippen molar-refractivity contribution in [3.8, 4) is 0 Å². The summed E-state index contributed by atoms with van der Waals surface area (Å²) in [6, 6.07) is 12.0. The second-order valence-corrected chi connectivity index (χ2v) is 6.14. The van der Waals surface area contributed by atoms with Crippen molar-refractivity contribution in [2.24, 2.45) is 0 Å². The SMILES string of the molecule is O=C1NCCN(C(=O)c2cccc(Br)c2)C1c1ccccc1F. The predicted molar refractivity (Wildman–Crippen MR) is 87.3 cm³/mol. The van der Waals surface area contributed by atoms with E-state index in [9.17, 15) is 14.0 Å². The number of carbonyl (C=O) groups excluding carboxylic acids is 2. The van der Waals surface area contributed by atoms with E-state index in [4.69, 9.17) is 0 Å². The van der Waals surface area contributed by atoms with Gasteiger partial charge < -0.3 is 10.2 Å². The monoisotopic (exact) mass is 376 g/mol. The van der Waals surface area contributed by atoms with E-state index < -0.39 is 11.9 Å². The lowest BCUT2D eigenvalue weighted by molar-refractivity contribution is -0.128. The summed E-state index contributed by atoms with van der Waals surface area (Å²) in [7, 11) is 0. The molecule has 118 valence electrons. The van der Waals surface area contributed by atoms with Crippen molar-refractivity contribution in [3.63, 3.8) is 0 Å². The second kappa shape index (κ2) is 6.50. The second-order valence-electron chi connectivity index (χ2n) is 5.22. The van der Waals surface area contributed by atoms with E-state index in [1.807, 2.05) is 6.07 Å². The van der Waals surface area contributed by atoms with Gasteiger partial charge in [0.05, 0.1) is 0 Å². The zero-order valence-corrected chi connectivity index (χ0v) is 13.7. The highest BCUT2D eigenvalue weighted by molar-refractivity contribution is 9.10. The van der Waals surface area contributed by atoms with Gasteiger partial charge in [-0.25, -0.2) is 4.39 Å². The summed E-state index contributed by atoms with van der Waals surface area (Å²) in [6.07, 6.45) is 0. The van der Waals surface area contributed by atoms with Crippen LogP contribution in [0.5, 0.6) is 0 Å². The van der Waals surface area contributed by atoms with E-state index in [-0.39, 0.29) is 17.4 Å². The smallest absolute Gasteiger partial charge is 0.254 e. The molecule has 1 fully saturated rings. The summed E-state index contributed by atoms with van der Waals surface area (Å²) in [4.78, 5) is 26.5. The summed E-state index contributed by atoms with van der Waals surface area (Å²) in [5, 5.41) is 2.70. The van der Waals surface area contributed by atoms with Crippen LogP contribution in [0.3, 0.4) is 0 Å². The van der Waals surface area contributed by atoms with Crippen LogP contribution in [0.4, 0.5) is 4.39 Å². The van der Waals surface area contributed by atoms with Crippen LogP contribution in [0.2, 0.25) is 0 Å². The average Bonchev–Trinajstić information content (AvgIpc) is 2.55. The van der Waals surface area contributed by atoms with Crippen LogP contribution in [0.25, 0.3) is 0 Å². The van der Waals surface area contributed by atoms with Crippen molar-refractivity contribution < 1.29 is 14.0 Å². The number of nitrogens with one attached hydrogen (secondary N) is 1. The molecule has 1 saturated heterocycles. The van der Waals surface area contributed by atoms with Crippen molar-refractivity contribution in [1.29, 1.82) is 0 Å². The zero-order valence-electron chi connectivity index (χ0n) is 12.1. The van der Waals surface area contributed by atoms with Crippen LogP contribution >= 0.6 is 15.9 Å². The Morgan fingerprint density at radius 3 is 2.74 bits per heavy atom. The van der Waals surface area contributed by atoms with E-state index in [1.165, 1.54) is 17.0 Å². The quantitative estimate of drug-likeness (QED) is 0.875. The van der Waals surface area contributed by atoms with Crippen LogP contribution in [0, 0.1) is 5.82 Å². The molecule has 1 atom stereocenters. The molecule has 4 nitrogen and oxygen atoms in total. The molecule has 2 aromatic carbocycles. The molecule has 2 amide bonds. The van der Waals surface area contributed by atoms with E-state index >= 15 is 0 Å². The van der Waals surface area contributed by atoms with Crippen molar-refractivity contribution in [2.75, 3.05) is 13.1 Å². The highest BCUT2D eigenvalue weighted by Crippen LogP contribution is 2.27. The number of halogens is 2. The summed E-state index contributed by atoms with van der Waals surface area (Å²) < 4.78 is 14.9. The maximum absolute atomic E-state index is 14.1. The number of rotatable bonds is 2. The fourth-order valence-corrected chi connectivity index (χ4v) is 3.08. The fraction of sp³-hybridized carbons (Fsp3) is 0.176. The molecule has 23 heavy (non-hydrogen) atoms. The summed E-state index contributed by atoms with van der Waals surface area (Å²) >= 11 is 3.33. The fourth-order valence-electron chi connectivity index (χ4n) is 2.68. The topological polar surface area (TPSA) is 49.4 Å². The van der Waals surface area contributed by atoms with Gasteiger partial charge in [0.25, 0.3) is 5.91 Å². The van der Waals surface area contributed by atoms with E-state index in [0.29, 0.717) is 18.7 Å². The summed E-state index contributed by atoms with van der Waals surface area (Å²) in [5.41, 5.74) is 0.656. The largest absolute Gasteiger partial charge is 0.352 e. The first-order chi connectivity index (χ1) is 11.1.